The van der Waals surface area contributed by atoms with Crippen molar-refractivity contribution in [1.82, 2.24) is 15.0 Å². The monoisotopic (exact) mass is 486 g/mol. The topological polar surface area (TPSA) is 44.8 Å². The van der Waals surface area contributed by atoms with Crippen molar-refractivity contribution in [1.29, 1.82) is 0 Å². The summed E-state index contributed by atoms with van der Waals surface area (Å²) in [6.45, 7) is 2.51. The Labute approximate surface area is 185 Å². The predicted molar refractivity (Wildman–Crippen MR) is 117 cm³/mol. The molecule has 0 saturated carbocycles. The molecule has 3 heterocycles. The fourth-order valence-corrected chi connectivity index (χ4v) is 4.58. The van der Waals surface area contributed by atoms with Crippen molar-refractivity contribution < 1.29 is 13.2 Å². The van der Waals surface area contributed by atoms with E-state index in [1.165, 1.54) is 11.8 Å². The standard InChI is InChI=1S/C23H18BrF3N4/c1-13-2-4-14(5-3-13)21-20-16(17-12-15(24)6-7-18(17)29-20)9-11-31(21)22-28-10-8-19(30-22)23(25,26)27/h2-8,10,12,21,29H,9,11H2,1H3. The van der Waals surface area contributed by atoms with Crippen LogP contribution in [0, 0.1) is 6.92 Å². The molecule has 0 amide bonds. The molecule has 31 heavy (non-hydrogen) atoms. The van der Waals surface area contributed by atoms with E-state index in [1.54, 1.807) is 0 Å². The third-order valence-corrected chi connectivity index (χ3v) is 6.17. The SMILES string of the molecule is Cc1ccc(C2c3[nH]c4ccc(Br)cc4c3CCN2c2nccc(C(F)(F)F)n2)cc1. The minimum atomic E-state index is -4.52. The average Bonchev–Trinajstić information content (AvgIpc) is 3.11. The molecule has 4 nitrogen and oxygen atoms in total. The van der Waals surface area contributed by atoms with Gasteiger partial charge in [0.2, 0.25) is 5.95 Å². The second kappa shape index (κ2) is 7.37. The largest absolute Gasteiger partial charge is 0.433 e. The summed E-state index contributed by atoms with van der Waals surface area (Å²) >= 11 is 3.54. The Morgan fingerprint density at radius 2 is 1.87 bits per heavy atom. The van der Waals surface area contributed by atoms with E-state index < -0.39 is 11.9 Å². The number of rotatable bonds is 2. The van der Waals surface area contributed by atoms with E-state index in [-0.39, 0.29) is 12.0 Å². The van der Waals surface area contributed by atoms with Gasteiger partial charge in [0.25, 0.3) is 0 Å². The first-order valence-electron chi connectivity index (χ1n) is 9.85. The maximum atomic E-state index is 13.3. The number of fused-ring (bicyclic) bond motifs is 3. The highest BCUT2D eigenvalue weighted by Crippen LogP contribution is 2.41. The second-order valence-electron chi connectivity index (χ2n) is 7.70. The molecule has 5 rings (SSSR count). The lowest BCUT2D eigenvalue weighted by atomic mass is 9.92. The fraction of sp³-hybridized carbons (Fsp3) is 0.217. The first kappa shape index (κ1) is 20.1. The molecule has 2 aromatic carbocycles. The molecule has 4 aromatic rings. The van der Waals surface area contributed by atoms with Crippen LogP contribution in [0.15, 0.2) is 59.2 Å². The summed E-state index contributed by atoms with van der Waals surface area (Å²) in [4.78, 5) is 13.4. The number of aromatic amines is 1. The van der Waals surface area contributed by atoms with Gasteiger partial charge >= 0.3 is 6.18 Å². The highest BCUT2D eigenvalue weighted by molar-refractivity contribution is 9.10. The molecule has 2 aromatic heterocycles. The molecule has 158 valence electrons. The fourth-order valence-electron chi connectivity index (χ4n) is 4.22. The van der Waals surface area contributed by atoms with Gasteiger partial charge in [0.05, 0.1) is 6.04 Å². The van der Waals surface area contributed by atoms with Crippen LogP contribution in [-0.4, -0.2) is 21.5 Å². The van der Waals surface area contributed by atoms with Gasteiger partial charge in [0.15, 0.2) is 0 Å². The van der Waals surface area contributed by atoms with Gasteiger partial charge in [-0.2, -0.15) is 13.2 Å². The van der Waals surface area contributed by atoms with E-state index in [2.05, 4.69) is 36.9 Å². The van der Waals surface area contributed by atoms with Gasteiger partial charge in [-0.15, -0.1) is 0 Å². The highest BCUT2D eigenvalue weighted by Gasteiger charge is 2.36. The van der Waals surface area contributed by atoms with E-state index in [1.807, 2.05) is 48.2 Å². The molecule has 0 saturated heterocycles. The summed E-state index contributed by atoms with van der Waals surface area (Å²) in [5.74, 6) is 0.0749. The Morgan fingerprint density at radius 3 is 2.61 bits per heavy atom. The molecule has 1 aliphatic rings. The van der Waals surface area contributed by atoms with Crippen molar-refractivity contribution in [2.24, 2.45) is 0 Å². The van der Waals surface area contributed by atoms with Crippen LogP contribution in [0.4, 0.5) is 19.1 Å². The third-order valence-electron chi connectivity index (χ3n) is 5.67. The lowest BCUT2D eigenvalue weighted by Crippen LogP contribution is -2.37. The van der Waals surface area contributed by atoms with E-state index in [9.17, 15) is 13.2 Å². The maximum absolute atomic E-state index is 13.3. The van der Waals surface area contributed by atoms with Crippen LogP contribution in [0.5, 0.6) is 0 Å². The van der Waals surface area contributed by atoms with E-state index in [4.69, 9.17) is 0 Å². The van der Waals surface area contributed by atoms with Crippen LogP contribution in [0.2, 0.25) is 0 Å². The number of anilines is 1. The number of H-pyrrole nitrogens is 1. The number of hydrogen-bond acceptors (Lipinski definition) is 3. The molecule has 0 spiro atoms. The zero-order valence-corrected chi connectivity index (χ0v) is 18.1. The average molecular weight is 487 g/mol. The van der Waals surface area contributed by atoms with Crippen LogP contribution < -0.4 is 4.90 Å². The van der Waals surface area contributed by atoms with Crippen molar-refractivity contribution in [3.8, 4) is 0 Å². The minimum absolute atomic E-state index is 0.0749. The molecule has 8 heteroatoms. The van der Waals surface area contributed by atoms with Gasteiger partial charge in [-0.3, -0.25) is 0 Å². The summed E-state index contributed by atoms with van der Waals surface area (Å²) in [7, 11) is 0. The Bertz CT molecular complexity index is 1260. The van der Waals surface area contributed by atoms with Crippen LogP contribution in [0.1, 0.15) is 34.1 Å². The molecule has 1 N–H and O–H groups in total. The Morgan fingerprint density at radius 1 is 1.10 bits per heavy atom. The summed E-state index contributed by atoms with van der Waals surface area (Å²) < 4.78 is 40.9. The summed E-state index contributed by atoms with van der Waals surface area (Å²) in [6.07, 6.45) is -2.67. The maximum Gasteiger partial charge on any atom is 0.433 e. The van der Waals surface area contributed by atoms with Crippen LogP contribution >= 0.6 is 15.9 Å². The molecule has 1 aliphatic heterocycles. The first-order valence-corrected chi connectivity index (χ1v) is 10.6. The summed E-state index contributed by atoms with van der Waals surface area (Å²) in [6, 6.07) is 14.7. The molecule has 1 atom stereocenters. The zero-order chi connectivity index (χ0) is 21.8. The van der Waals surface area contributed by atoms with Crippen molar-refractivity contribution in [3.05, 3.63) is 87.3 Å². The van der Waals surface area contributed by atoms with Crippen molar-refractivity contribution >= 4 is 32.8 Å². The lowest BCUT2D eigenvalue weighted by Gasteiger charge is -2.36. The van der Waals surface area contributed by atoms with E-state index in [0.29, 0.717) is 13.0 Å². The number of benzene rings is 2. The number of hydrogen-bond donors (Lipinski definition) is 1. The zero-order valence-electron chi connectivity index (χ0n) is 16.5. The lowest BCUT2D eigenvalue weighted by molar-refractivity contribution is -0.141. The second-order valence-corrected chi connectivity index (χ2v) is 8.62. The smallest absolute Gasteiger partial charge is 0.356 e. The Hall–Kier alpha value is -2.87. The molecule has 1 unspecified atom stereocenters. The van der Waals surface area contributed by atoms with Gasteiger partial charge in [-0.25, -0.2) is 9.97 Å². The Kier molecular flexibility index (Phi) is 4.77. The number of halogens is 4. The van der Waals surface area contributed by atoms with Gasteiger partial charge in [-0.1, -0.05) is 45.8 Å². The van der Waals surface area contributed by atoms with E-state index in [0.717, 1.165) is 38.3 Å². The van der Waals surface area contributed by atoms with E-state index >= 15 is 0 Å². The molecule has 0 bridgehead atoms. The number of aromatic nitrogens is 3. The van der Waals surface area contributed by atoms with Crippen LogP contribution in [0.25, 0.3) is 10.9 Å². The minimum Gasteiger partial charge on any atom is -0.356 e. The number of aryl methyl sites for hydroxylation is 1. The van der Waals surface area contributed by atoms with Gasteiger partial charge in [-0.05, 0) is 48.7 Å². The molecular formula is C23H18BrF3N4. The normalized spacial score (nSPS) is 16.5. The number of alkyl halides is 3. The van der Waals surface area contributed by atoms with Crippen LogP contribution in [0.3, 0.4) is 0 Å². The molecule has 0 fully saturated rings. The number of nitrogens with zero attached hydrogens (tertiary/aromatic N) is 3. The quantitative estimate of drug-likeness (QED) is 0.366. The number of nitrogens with one attached hydrogen (secondary N) is 1. The third kappa shape index (κ3) is 3.59. The highest BCUT2D eigenvalue weighted by atomic mass is 79.9. The molecular weight excluding hydrogens is 469 g/mol. The van der Waals surface area contributed by atoms with Crippen molar-refractivity contribution in [2.45, 2.75) is 25.6 Å². The van der Waals surface area contributed by atoms with Crippen molar-refractivity contribution in [3.63, 3.8) is 0 Å². The van der Waals surface area contributed by atoms with Crippen LogP contribution in [-0.2, 0) is 12.6 Å². The summed E-state index contributed by atoms with van der Waals surface area (Å²) in [5, 5.41) is 1.12. The van der Waals surface area contributed by atoms with Gasteiger partial charge < -0.3 is 9.88 Å². The van der Waals surface area contributed by atoms with Gasteiger partial charge in [0, 0.05) is 33.8 Å². The molecule has 0 aliphatic carbocycles. The summed E-state index contributed by atoms with van der Waals surface area (Å²) in [5.41, 5.74) is 4.28. The molecule has 0 radical (unpaired) electrons. The van der Waals surface area contributed by atoms with Crippen molar-refractivity contribution in [2.75, 3.05) is 11.4 Å². The van der Waals surface area contributed by atoms with Gasteiger partial charge in [0.1, 0.15) is 5.69 Å². The first-order chi connectivity index (χ1) is 14.8. The Balaban J connectivity index is 1.69. The predicted octanol–water partition coefficient (Wildman–Crippen LogP) is 6.20.